The first-order chi connectivity index (χ1) is 12.7. The van der Waals surface area contributed by atoms with Gasteiger partial charge in [-0.25, -0.2) is 4.99 Å². The second-order valence-corrected chi connectivity index (χ2v) is 6.04. The SMILES string of the molecule is CCNC(=NCc1cc(C)cc(OC)c1)NCCc1ccccc1OC.I. The van der Waals surface area contributed by atoms with Crippen molar-refractivity contribution in [3.63, 3.8) is 0 Å². The number of hydrogen-bond donors (Lipinski definition) is 2. The number of aryl methyl sites for hydroxylation is 1. The van der Waals surface area contributed by atoms with Gasteiger partial charge in [-0.2, -0.15) is 0 Å². The Labute approximate surface area is 179 Å². The van der Waals surface area contributed by atoms with Gasteiger partial charge in [0.25, 0.3) is 0 Å². The number of hydrogen-bond acceptors (Lipinski definition) is 3. The Morgan fingerprint density at radius 1 is 1.04 bits per heavy atom. The quantitative estimate of drug-likeness (QED) is 0.340. The van der Waals surface area contributed by atoms with Crippen molar-refractivity contribution in [2.45, 2.75) is 26.8 Å². The molecule has 6 heteroatoms. The Hall–Kier alpha value is -1.96. The van der Waals surface area contributed by atoms with Crippen molar-refractivity contribution >= 4 is 29.9 Å². The van der Waals surface area contributed by atoms with Gasteiger partial charge in [0.15, 0.2) is 5.96 Å². The number of nitrogens with zero attached hydrogens (tertiary/aromatic N) is 1. The van der Waals surface area contributed by atoms with E-state index < -0.39 is 0 Å². The number of methoxy groups -OCH3 is 2. The highest BCUT2D eigenvalue weighted by molar-refractivity contribution is 14.0. The molecule has 0 saturated heterocycles. The zero-order valence-corrected chi connectivity index (χ0v) is 18.9. The van der Waals surface area contributed by atoms with Crippen LogP contribution in [0, 0.1) is 6.92 Å². The molecule has 0 unspecified atom stereocenters. The maximum Gasteiger partial charge on any atom is 0.191 e. The van der Waals surface area contributed by atoms with E-state index in [0.29, 0.717) is 6.54 Å². The highest BCUT2D eigenvalue weighted by Gasteiger charge is 2.03. The van der Waals surface area contributed by atoms with Gasteiger partial charge in [0, 0.05) is 13.1 Å². The standard InChI is InChI=1S/C21H29N3O2.HI/c1-5-22-21(23-11-10-18-8-6-7-9-20(18)26-4)24-15-17-12-16(2)13-19(14-17)25-3;/h6-9,12-14H,5,10-11,15H2,1-4H3,(H2,22,23,24);1H. The van der Waals surface area contributed by atoms with E-state index in [4.69, 9.17) is 9.47 Å². The summed E-state index contributed by atoms with van der Waals surface area (Å²) < 4.78 is 10.7. The number of aliphatic imine (C=N–C) groups is 1. The van der Waals surface area contributed by atoms with Gasteiger partial charge in [-0.1, -0.05) is 24.3 Å². The normalized spacial score (nSPS) is 10.7. The predicted octanol–water partition coefficient (Wildman–Crippen LogP) is 3.93. The first-order valence-corrected chi connectivity index (χ1v) is 8.95. The first-order valence-electron chi connectivity index (χ1n) is 8.95. The van der Waals surface area contributed by atoms with Crippen molar-refractivity contribution in [3.8, 4) is 11.5 Å². The minimum Gasteiger partial charge on any atom is -0.497 e. The van der Waals surface area contributed by atoms with Crippen LogP contribution in [0.15, 0.2) is 47.5 Å². The van der Waals surface area contributed by atoms with Crippen LogP contribution < -0.4 is 20.1 Å². The van der Waals surface area contributed by atoms with Crippen LogP contribution in [0.2, 0.25) is 0 Å². The smallest absolute Gasteiger partial charge is 0.191 e. The Morgan fingerprint density at radius 3 is 2.52 bits per heavy atom. The zero-order chi connectivity index (χ0) is 18.8. The van der Waals surface area contributed by atoms with Crippen LogP contribution in [-0.2, 0) is 13.0 Å². The Balaban J connectivity index is 0.00000364. The fourth-order valence-corrected chi connectivity index (χ4v) is 2.77. The molecule has 5 nitrogen and oxygen atoms in total. The van der Waals surface area contributed by atoms with E-state index in [2.05, 4.69) is 41.6 Å². The average Bonchev–Trinajstić information content (AvgIpc) is 2.66. The highest BCUT2D eigenvalue weighted by atomic mass is 127. The summed E-state index contributed by atoms with van der Waals surface area (Å²) in [5, 5.41) is 6.67. The number of benzene rings is 2. The number of nitrogens with one attached hydrogen (secondary N) is 2. The molecule has 0 heterocycles. The van der Waals surface area contributed by atoms with Crippen LogP contribution in [0.3, 0.4) is 0 Å². The molecule has 2 rings (SSSR count). The lowest BCUT2D eigenvalue weighted by Gasteiger charge is -2.13. The largest absolute Gasteiger partial charge is 0.497 e. The maximum absolute atomic E-state index is 5.40. The monoisotopic (exact) mass is 483 g/mol. The van der Waals surface area contributed by atoms with Crippen LogP contribution in [0.1, 0.15) is 23.6 Å². The summed E-state index contributed by atoms with van der Waals surface area (Å²) >= 11 is 0. The minimum atomic E-state index is 0. The molecule has 27 heavy (non-hydrogen) atoms. The lowest BCUT2D eigenvalue weighted by Crippen LogP contribution is -2.38. The molecular weight excluding hydrogens is 453 g/mol. The molecule has 2 aromatic carbocycles. The number of halogens is 1. The van der Waals surface area contributed by atoms with Crippen molar-refractivity contribution in [2.75, 3.05) is 27.3 Å². The van der Waals surface area contributed by atoms with Crippen molar-refractivity contribution in [3.05, 3.63) is 59.2 Å². The van der Waals surface area contributed by atoms with Crippen LogP contribution in [0.25, 0.3) is 0 Å². The van der Waals surface area contributed by atoms with Gasteiger partial charge in [0.1, 0.15) is 11.5 Å². The molecule has 0 bridgehead atoms. The topological polar surface area (TPSA) is 54.9 Å². The second-order valence-electron chi connectivity index (χ2n) is 6.04. The van der Waals surface area contributed by atoms with Gasteiger partial charge in [0.2, 0.25) is 0 Å². The lowest BCUT2D eigenvalue weighted by atomic mass is 10.1. The summed E-state index contributed by atoms with van der Waals surface area (Å²) in [6.45, 7) is 6.32. The van der Waals surface area contributed by atoms with Gasteiger partial charge in [-0.05, 0) is 55.2 Å². The third-order valence-corrected chi connectivity index (χ3v) is 3.99. The lowest BCUT2D eigenvalue weighted by molar-refractivity contribution is 0.409. The molecule has 148 valence electrons. The Kier molecular flexibility index (Phi) is 10.6. The van der Waals surface area contributed by atoms with E-state index in [0.717, 1.165) is 42.5 Å². The predicted molar refractivity (Wildman–Crippen MR) is 123 cm³/mol. The van der Waals surface area contributed by atoms with Crippen LogP contribution >= 0.6 is 24.0 Å². The van der Waals surface area contributed by atoms with E-state index in [9.17, 15) is 0 Å². The molecular formula is C21H30IN3O2. The van der Waals surface area contributed by atoms with Gasteiger partial charge in [-0.15, -0.1) is 24.0 Å². The van der Waals surface area contributed by atoms with E-state index in [1.807, 2.05) is 30.3 Å². The summed E-state index contributed by atoms with van der Waals surface area (Å²) in [7, 11) is 3.39. The molecule has 0 aliphatic heterocycles. The van der Waals surface area contributed by atoms with Crippen molar-refractivity contribution < 1.29 is 9.47 Å². The van der Waals surface area contributed by atoms with Crippen molar-refractivity contribution in [1.82, 2.24) is 10.6 Å². The summed E-state index contributed by atoms with van der Waals surface area (Å²) in [5.41, 5.74) is 3.48. The number of ether oxygens (including phenoxy) is 2. The fourth-order valence-electron chi connectivity index (χ4n) is 2.77. The van der Waals surface area contributed by atoms with Gasteiger partial charge >= 0.3 is 0 Å². The van der Waals surface area contributed by atoms with Crippen molar-refractivity contribution in [2.24, 2.45) is 4.99 Å². The third-order valence-electron chi connectivity index (χ3n) is 3.99. The molecule has 2 aromatic rings. The molecule has 0 spiro atoms. The summed E-state index contributed by atoms with van der Waals surface area (Å²) in [6.07, 6.45) is 0.868. The van der Waals surface area contributed by atoms with Crippen molar-refractivity contribution in [1.29, 1.82) is 0 Å². The van der Waals surface area contributed by atoms with Gasteiger partial charge in [0.05, 0.1) is 20.8 Å². The maximum atomic E-state index is 5.40. The molecule has 2 N–H and O–H groups in total. The summed E-state index contributed by atoms with van der Waals surface area (Å²) in [6, 6.07) is 14.3. The fraction of sp³-hybridized carbons (Fsp3) is 0.381. The van der Waals surface area contributed by atoms with E-state index in [1.165, 1.54) is 11.1 Å². The molecule has 0 aliphatic carbocycles. The van der Waals surface area contributed by atoms with Crippen LogP contribution in [0.5, 0.6) is 11.5 Å². The van der Waals surface area contributed by atoms with E-state index in [-0.39, 0.29) is 24.0 Å². The zero-order valence-electron chi connectivity index (χ0n) is 16.5. The highest BCUT2D eigenvalue weighted by Crippen LogP contribution is 2.18. The molecule has 0 atom stereocenters. The molecule has 0 aromatic heterocycles. The molecule has 0 amide bonds. The average molecular weight is 483 g/mol. The third kappa shape index (κ3) is 7.66. The van der Waals surface area contributed by atoms with Gasteiger partial charge in [-0.3, -0.25) is 0 Å². The molecule has 0 saturated carbocycles. The Morgan fingerprint density at radius 2 is 1.81 bits per heavy atom. The number of guanidine groups is 1. The molecule has 0 fully saturated rings. The van der Waals surface area contributed by atoms with Crippen LogP contribution in [-0.4, -0.2) is 33.3 Å². The minimum absolute atomic E-state index is 0. The number of rotatable bonds is 8. The number of para-hydroxylation sites is 1. The molecule has 0 aliphatic rings. The second kappa shape index (κ2) is 12.4. The van der Waals surface area contributed by atoms with Gasteiger partial charge < -0.3 is 20.1 Å². The Bertz CT molecular complexity index is 735. The van der Waals surface area contributed by atoms with E-state index >= 15 is 0 Å². The summed E-state index contributed by atoms with van der Waals surface area (Å²) in [5.74, 6) is 2.59. The first kappa shape index (κ1) is 23.1. The van der Waals surface area contributed by atoms with Crippen LogP contribution in [0.4, 0.5) is 0 Å². The van der Waals surface area contributed by atoms with E-state index in [1.54, 1.807) is 14.2 Å². The summed E-state index contributed by atoms with van der Waals surface area (Å²) in [4.78, 5) is 4.68. The molecule has 0 radical (unpaired) electrons.